The topological polar surface area (TPSA) is 50.8 Å². The Morgan fingerprint density at radius 2 is 1.59 bits per heavy atom. The molecule has 0 fully saturated rings. The van der Waals surface area contributed by atoms with Gasteiger partial charge in [-0.3, -0.25) is 9.69 Å². The number of anilines is 1. The lowest BCUT2D eigenvalue weighted by Gasteiger charge is -2.36. The number of carbonyl (C=O) groups excluding carboxylic acids is 1. The summed E-state index contributed by atoms with van der Waals surface area (Å²) >= 11 is 11.9. The number of ether oxygens (including phenoxy) is 2. The Kier molecular flexibility index (Phi) is 8.20. The summed E-state index contributed by atoms with van der Waals surface area (Å²) in [7, 11) is 1.59. The van der Waals surface area contributed by atoms with E-state index in [1.165, 1.54) is 6.07 Å². The fraction of sp³-hybridized carbons (Fsp3) is 0.409. The highest BCUT2D eigenvalue weighted by atomic mass is 35.5. The van der Waals surface area contributed by atoms with E-state index in [1.807, 2.05) is 6.92 Å². The summed E-state index contributed by atoms with van der Waals surface area (Å²) in [4.78, 5) is 14.8. The first-order valence-electron chi connectivity index (χ1n) is 9.52. The van der Waals surface area contributed by atoms with Crippen molar-refractivity contribution in [2.45, 2.75) is 52.9 Å². The summed E-state index contributed by atoms with van der Waals surface area (Å²) in [5.74, 6) is 0.855. The second-order valence-electron chi connectivity index (χ2n) is 7.30. The number of benzene rings is 2. The SMILES string of the molecule is COc1ccc(NC(=O)c2ccc(Cl)c(Cl)c2)cc1OC(C)N(C(C)C)C(C)C. The quantitative estimate of drug-likeness (QED) is 0.505. The Morgan fingerprint density at radius 1 is 0.931 bits per heavy atom. The first kappa shape index (κ1) is 23.3. The molecule has 5 nitrogen and oxygen atoms in total. The number of rotatable bonds is 8. The van der Waals surface area contributed by atoms with Crippen LogP contribution in [0.4, 0.5) is 5.69 Å². The van der Waals surface area contributed by atoms with Crippen LogP contribution in [-0.4, -0.2) is 36.2 Å². The van der Waals surface area contributed by atoms with Gasteiger partial charge >= 0.3 is 0 Å². The molecule has 0 aromatic heterocycles. The Bertz CT molecular complexity index is 848. The smallest absolute Gasteiger partial charge is 0.255 e. The van der Waals surface area contributed by atoms with Gasteiger partial charge in [0, 0.05) is 29.4 Å². The van der Waals surface area contributed by atoms with Gasteiger partial charge in [-0.05, 0) is 65.0 Å². The van der Waals surface area contributed by atoms with Crippen LogP contribution >= 0.6 is 23.2 Å². The normalized spacial score (nSPS) is 12.4. The third kappa shape index (κ3) is 6.01. The second-order valence-corrected chi connectivity index (χ2v) is 8.11. The van der Waals surface area contributed by atoms with Crippen molar-refractivity contribution in [3.63, 3.8) is 0 Å². The fourth-order valence-electron chi connectivity index (χ4n) is 3.37. The molecule has 1 atom stereocenters. The number of nitrogens with one attached hydrogen (secondary N) is 1. The summed E-state index contributed by atoms with van der Waals surface area (Å²) in [5, 5.41) is 3.58. The molecule has 0 saturated heterocycles. The summed E-state index contributed by atoms with van der Waals surface area (Å²) < 4.78 is 11.6. The van der Waals surface area contributed by atoms with Crippen molar-refractivity contribution in [1.29, 1.82) is 0 Å². The molecule has 0 aliphatic carbocycles. The molecule has 29 heavy (non-hydrogen) atoms. The van der Waals surface area contributed by atoms with E-state index in [2.05, 4.69) is 37.9 Å². The number of amides is 1. The van der Waals surface area contributed by atoms with Crippen molar-refractivity contribution >= 4 is 34.8 Å². The van der Waals surface area contributed by atoms with Gasteiger partial charge in [0.1, 0.15) is 6.23 Å². The molecule has 0 spiro atoms. The van der Waals surface area contributed by atoms with Crippen LogP contribution in [0.1, 0.15) is 45.0 Å². The van der Waals surface area contributed by atoms with Gasteiger partial charge in [0.05, 0.1) is 17.2 Å². The van der Waals surface area contributed by atoms with Crippen molar-refractivity contribution in [3.8, 4) is 11.5 Å². The molecular weight excluding hydrogens is 411 g/mol. The van der Waals surface area contributed by atoms with Crippen LogP contribution in [0.15, 0.2) is 36.4 Å². The average Bonchev–Trinajstić information content (AvgIpc) is 2.63. The van der Waals surface area contributed by atoms with Crippen LogP contribution in [0.25, 0.3) is 0 Å². The number of halogens is 2. The molecule has 0 heterocycles. The third-order valence-corrected chi connectivity index (χ3v) is 5.25. The van der Waals surface area contributed by atoms with Crippen molar-refractivity contribution in [2.75, 3.05) is 12.4 Å². The third-order valence-electron chi connectivity index (χ3n) is 4.51. The highest BCUT2D eigenvalue weighted by Crippen LogP contribution is 2.32. The van der Waals surface area contributed by atoms with Gasteiger partial charge in [-0.15, -0.1) is 0 Å². The van der Waals surface area contributed by atoms with E-state index in [4.69, 9.17) is 32.7 Å². The summed E-state index contributed by atoms with van der Waals surface area (Å²) in [5.41, 5.74) is 1.00. The zero-order valence-corrected chi connectivity index (χ0v) is 19.1. The maximum Gasteiger partial charge on any atom is 0.255 e. The molecule has 0 radical (unpaired) electrons. The predicted molar refractivity (Wildman–Crippen MR) is 120 cm³/mol. The van der Waals surface area contributed by atoms with Crippen LogP contribution in [0, 0.1) is 0 Å². The lowest BCUT2D eigenvalue weighted by atomic mass is 10.2. The molecule has 0 saturated carbocycles. The summed E-state index contributed by atoms with van der Waals surface area (Å²) in [6, 6.07) is 10.7. The highest BCUT2D eigenvalue weighted by Gasteiger charge is 2.23. The zero-order chi connectivity index (χ0) is 21.7. The molecular formula is C22H28Cl2N2O3. The van der Waals surface area contributed by atoms with Crippen molar-refractivity contribution in [2.24, 2.45) is 0 Å². The summed E-state index contributed by atoms with van der Waals surface area (Å²) in [6.45, 7) is 10.5. The molecule has 0 aliphatic rings. The van der Waals surface area contributed by atoms with E-state index in [-0.39, 0.29) is 12.1 Å². The second kappa shape index (κ2) is 10.2. The van der Waals surface area contributed by atoms with Gasteiger partial charge in [0.15, 0.2) is 11.5 Å². The predicted octanol–water partition coefficient (Wildman–Crippen LogP) is 6.10. The van der Waals surface area contributed by atoms with Gasteiger partial charge in [0.2, 0.25) is 0 Å². The van der Waals surface area contributed by atoms with Crippen molar-refractivity contribution in [1.82, 2.24) is 4.90 Å². The molecule has 158 valence electrons. The van der Waals surface area contributed by atoms with Gasteiger partial charge < -0.3 is 14.8 Å². The minimum atomic E-state index is -0.293. The molecule has 2 aromatic rings. The van der Waals surface area contributed by atoms with Crippen molar-refractivity contribution < 1.29 is 14.3 Å². The molecule has 1 N–H and O–H groups in total. The lowest BCUT2D eigenvalue weighted by molar-refractivity contribution is -0.00690. The number of carbonyl (C=O) groups is 1. The van der Waals surface area contributed by atoms with E-state index in [9.17, 15) is 4.79 Å². The Hall–Kier alpha value is -1.95. The monoisotopic (exact) mass is 438 g/mol. The van der Waals surface area contributed by atoms with E-state index in [0.29, 0.717) is 44.9 Å². The molecule has 0 aliphatic heterocycles. The average molecular weight is 439 g/mol. The van der Waals surface area contributed by atoms with E-state index in [0.717, 1.165) is 0 Å². The molecule has 1 unspecified atom stereocenters. The van der Waals surface area contributed by atoms with Crippen LogP contribution in [-0.2, 0) is 0 Å². The zero-order valence-electron chi connectivity index (χ0n) is 17.6. The lowest BCUT2D eigenvalue weighted by Crippen LogP contribution is -2.46. The Balaban J connectivity index is 2.23. The van der Waals surface area contributed by atoms with Gasteiger partial charge in [0.25, 0.3) is 5.91 Å². The number of hydrogen-bond donors (Lipinski definition) is 1. The van der Waals surface area contributed by atoms with Crippen LogP contribution < -0.4 is 14.8 Å². The van der Waals surface area contributed by atoms with Gasteiger partial charge in [-0.2, -0.15) is 0 Å². The standard InChI is InChI=1S/C22H28Cl2N2O3/c1-13(2)26(14(3)4)15(5)29-21-12-17(8-10-20(21)28-6)25-22(27)16-7-9-18(23)19(24)11-16/h7-15H,1-6H3,(H,25,27). The maximum absolute atomic E-state index is 12.6. The molecule has 0 bridgehead atoms. The van der Waals surface area contributed by atoms with Crippen LogP contribution in [0.2, 0.25) is 10.0 Å². The molecule has 1 amide bonds. The Morgan fingerprint density at radius 3 is 2.14 bits per heavy atom. The first-order valence-corrected chi connectivity index (χ1v) is 10.3. The van der Waals surface area contributed by atoms with E-state index in [1.54, 1.807) is 37.4 Å². The van der Waals surface area contributed by atoms with Crippen LogP contribution in [0.5, 0.6) is 11.5 Å². The number of nitrogens with zero attached hydrogens (tertiary/aromatic N) is 1. The Labute approximate surface area is 182 Å². The largest absolute Gasteiger partial charge is 0.493 e. The molecule has 7 heteroatoms. The number of methoxy groups -OCH3 is 1. The van der Waals surface area contributed by atoms with E-state index >= 15 is 0 Å². The van der Waals surface area contributed by atoms with Crippen LogP contribution in [0.3, 0.4) is 0 Å². The minimum absolute atomic E-state index is 0.176. The van der Waals surface area contributed by atoms with Gasteiger partial charge in [-0.25, -0.2) is 0 Å². The fourth-order valence-corrected chi connectivity index (χ4v) is 3.67. The minimum Gasteiger partial charge on any atom is -0.493 e. The summed E-state index contributed by atoms with van der Waals surface area (Å²) in [6.07, 6.45) is -0.176. The van der Waals surface area contributed by atoms with Crippen molar-refractivity contribution in [3.05, 3.63) is 52.0 Å². The first-order chi connectivity index (χ1) is 13.6. The molecule has 2 rings (SSSR count). The molecule has 2 aromatic carbocycles. The van der Waals surface area contributed by atoms with Gasteiger partial charge in [-0.1, -0.05) is 23.2 Å². The maximum atomic E-state index is 12.6. The van der Waals surface area contributed by atoms with E-state index < -0.39 is 0 Å². The highest BCUT2D eigenvalue weighted by molar-refractivity contribution is 6.42. The number of hydrogen-bond acceptors (Lipinski definition) is 4.